The van der Waals surface area contributed by atoms with E-state index in [1.165, 1.54) is 18.4 Å². The number of hydrogen-bond acceptors (Lipinski definition) is 5. The van der Waals surface area contributed by atoms with E-state index >= 15 is 0 Å². The minimum absolute atomic E-state index is 0.196. The number of fused-ring (bicyclic) bond motifs is 5. The molecule has 4 aliphatic rings. The van der Waals surface area contributed by atoms with Gasteiger partial charge in [-0.3, -0.25) is 14.6 Å². The van der Waals surface area contributed by atoms with Gasteiger partial charge in [0.2, 0.25) is 5.91 Å². The van der Waals surface area contributed by atoms with Crippen LogP contribution in [-0.4, -0.2) is 87.2 Å². The van der Waals surface area contributed by atoms with Crippen molar-refractivity contribution in [2.24, 2.45) is 5.92 Å². The van der Waals surface area contributed by atoms with E-state index in [0.29, 0.717) is 25.1 Å². The van der Waals surface area contributed by atoms with Crippen LogP contribution in [0.4, 0.5) is 0 Å². The Labute approximate surface area is 167 Å². The van der Waals surface area contributed by atoms with Gasteiger partial charge in [-0.2, -0.15) is 0 Å². The largest absolute Gasteiger partial charge is 0.497 e. The number of methoxy groups -OCH3 is 1. The molecular formula is C22H31N3O3. The van der Waals surface area contributed by atoms with E-state index in [-0.39, 0.29) is 5.91 Å². The number of benzene rings is 1. The molecular weight excluding hydrogens is 354 g/mol. The van der Waals surface area contributed by atoms with Crippen LogP contribution in [0.2, 0.25) is 0 Å². The Kier molecular flexibility index (Phi) is 5.60. The van der Waals surface area contributed by atoms with Gasteiger partial charge in [-0.15, -0.1) is 0 Å². The van der Waals surface area contributed by atoms with E-state index in [0.717, 1.165) is 43.2 Å². The molecule has 1 aromatic rings. The second-order valence-electron chi connectivity index (χ2n) is 8.50. The predicted molar refractivity (Wildman–Crippen MR) is 110 cm³/mol. The van der Waals surface area contributed by atoms with E-state index in [9.17, 15) is 4.79 Å². The van der Waals surface area contributed by atoms with Gasteiger partial charge in [0.1, 0.15) is 18.1 Å². The summed E-state index contributed by atoms with van der Waals surface area (Å²) in [7, 11) is 5.36. The van der Waals surface area contributed by atoms with Crippen LogP contribution in [-0.2, 0) is 4.79 Å². The van der Waals surface area contributed by atoms with E-state index < -0.39 is 0 Å². The van der Waals surface area contributed by atoms with E-state index in [4.69, 9.17) is 9.47 Å². The molecule has 0 spiro atoms. The van der Waals surface area contributed by atoms with Gasteiger partial charge >= 0.3 is 0 Å². The predicted octanol–water partition coefficient (Wildman–Crippen LogP) is 1.96. The van der Waals surface area contributed by atoms with Gasteiger partial charge < -0.3 is 14.4 Å². The lowest BCUT2D eigenvalue weighted by atomic mass is 9.94. The Morgan fingerprint density at radius 1 is 1.25 bits per heavy atom. The van der Waals surface area contributed by atoms with Gasteiger partial charge in [-0.1, -0.05) is 0 Å². The Morgan fingerprint density at radius 2 is 2.11 bits per heavy atom. The summed E-state index contributed by atoms with van der Waals surface area (Å²) in [6.07, 6.45) is 4.74. The molecule has 0 aromatic heterocycles. The fourth-order valence-electron chi connectivity index (χ4n) is 4.61. The Hall–Kier alpha value is -2.05. The van der Waals surface area contributed by atoms with Crippen LogP contribution in [0.5, 0.6) is 11.5 Å². The van der Waals surface area contributed by atoms with Gasteiger partial charge in [0, 0.05) is 51.9 Å². The summed E-state index contributed by atoms with van der Waals surface area (Å²) in [5.74, 6) is 2.62. The van der Waals surface area contributed by atoms with Gasteiger partial charge in [-0.05, 0) is 48.6 Å². The molecule has 2 bridgehead atoms. The molecule has 6 heteroatoms. The molecule has 3 saturated heterocycles. The van der Waals surface area contributed by atoms with Crippen LogP contribution in [0, 0.1) is 5.92 Å². The molecule has 3 fully saturated rings. The highest BCUT2D eigenvalue weighted by atomic mass is 16.5. The normalized spacial score (nSPS) is 24.8. The first-order valence-electron chi connectivity index (χ1n) is 10.2. The first-order valence-corrected chi connectivity index (χ1v) is 10.2. The summed E-state index contributed by atoms with van der Waals surface area (Å²) in [5.41, 5.74) is 2.41. The van der Waals surface area contributed by atoms with Crippen molar-refractivity contribution in [2.75, 3.05) is 60.5 Å². The number of nitrogens with zero attached hydrogens (tertiary/aromatic N) is 3. The summed E-state index contributed by atoms with van der Waals surface area (Å²) < 4.78 is 11.3. The van der Waals surface area contributed by atoms with Crippen molar-refractivity contribution in [3.8, 4) is 11.5 Å². The summed E-state index contributed by atoms with van der Waals surface area (Å²) in [6, 6.07) is 6.48. The molecule has 0 unspecified atom stereocenters. The number of likely N-dealkylation sites (N-methyl/N-ethyl adjacent to an activating group) is 1. The molecule has 4 aliphatic heterocycles. The third-order valence-corrected chi connectivity index (χ3v) is 6.16. The first kappa shape index (κ1) is 19.3. The zero-order valence-electron chi connectivity index (χ0n) is 17.2. The molecule has 1 amide bonds. The number of hydrogen-bond donors (Lipinski definition) is 0. The van der Waals surface area contributed by atoms with Crippen molar-refractivity contribution >= 4 is 12.0 Å². The molecule has 28 heavy (non-hydrogen) atoms. The lowest BCUT2D eigenvalue weighted by Gasteiger charge is -2.37. The highest BCUT2D eigenvalue weighted by molar-refractivity contribution is 5.77. The fraction of sp³-hybridized carbons (Fsp3) is 0.591. The average Bonchev–Trinajstić information content (AvgIpc) is 2.97. The van der Waals surface area contributed by atoms with Crippen LogP contribution in [0.3, 0.4) is 0 Å². The maximum Gasteiger partial charge on any atom is 0.236 e. The zero-order chi connectivity index (χ0) is 19.7. The summed E-state index contributed by atoms with van der Waals surface area (Å²) in [4.78, 5) is 18.8. The molecule has 6 nitrogen and oxygen atoms in total. The van der Waals surface area contributed by atoms with Crippen LogP contribution < -0.4 is 9.47 Å². The lowest BCUT2D eigenvalue weighted by Crippen LogP contribution is -2.46. The highest BCUT2D eigenvalue weighted by Gasteiger charge is 2.35. The van der Waals surface area contributed by atoms with Crippen molar-refractivity contribution in [1.29, 1.82) is 0 Å². The van der Waals surface area contributed by atoms with Crippen LogP contribution in [0.25, 0.3) is 6.08 Å². The molecule has 152 valence electrons. The third-order valence-electron chi connectivity index (χ3n) is 6.16. The minimum Gasteiger partial charge on any atom is -0.497 e. The molecule has 2 atom stereocenters. The number of amides is 1. The number of rotatable bonds is 5. The SMILES string of the molecule is COc1ccc2c(c1)C=C(CN1C[C@@H]3CC[C@H]1CN(CC(=O)N(C)C)C3)CO2. The number of piperidine rings is 1. The molecule has 0 N–H and O–H groups in total. The Bertz CT molecular complexity index is 761. The first-order chi connectivity index (χ1) is 13.5. The second-order valence-corrected chi connectivity index (χ2v) is 8.50. The molecule has 0 radical (unpaired) electrons. The second kappa shape index (κ2) is 8.13. The molecule has 0 saturated carbocycles. The smallest absolute Gasteiger partial charge is 0.236 e. The van der Waals surface area contributed by atoms with Crippen LogP contribution in [0.1, 0.15) is 18.4 Å². The monoisotopic (exact) mass is 385 g/mol. The number of ether oxygens (including phenoxy) is 2. The Balaban J connectivity index is 1.44. The number of carbonyl (C=O) groups is 1. The van der Waals surface area contributed by atoms with Crippen molar-refractivity contribution in [1.82, 2.24) is 14.7 Å². The molecule has 0 aliphatic carbocycles. The van der Waals surface area contributed by atoms with Crippen molar-refractivity contribution in [3.63, 3.8) is 0 Å². The molecule has 1 aromatic carbocycles. The highest BCUT2D eigenvalue weighted by Crippen LogP contribution is 2.32. The molecule has 5 rings (SSSR count). The third kappa shape index (κ3) is 4.18. The maximum atomic E-state index is 12.2. The Morgan fingerprint density at radius 3 is 2.89 bits per heavy atom. The summed E-state index contributed by atoms with van der Waals surface area (Å²) in [6.45, 7) is 5.24. The zero-order valence-corrected chi connectivity index (χ0v) is 17.2. The average molecular weight is 386 g/mol. The van der Waals surface area contributed by atoms with Crippen LogP contribution >= 0.6 is 0 Å². The quantitative estimate of drug-likeness (QED) is 0.775. The fourth-order valence-corrected chi connectivity index (χ4v) is 4.61. The van der Waals surface area contributed by atoms with E-state index in [1.807, 2.05) is 32.3 Å². The standard InChI is InChI=1S/C22H31N3O3/c1-23(2)22(26)14-24-10-16-4-5-19(13-24)25(11-16)12-17-8-18-9-20(27-3)6-7-21(18)28-15-17/h6-9,16,19H,4-5,10-15H2,1-3H3/t16-,19+/m1/s1. The van der Waals surface area contributed by atoms with Gasteiger partial charge in [0.25, 0.3) is 0 Å². The van der Waals surface area contributed by atoms with Crippen molar-refractivity contribution in [3.05, 3.63) is 29.3 Å². The van der Waals surface area contributed by atoms with Gasteiger partial charge in [0.15, 0.2) is 0 Å². The van der Waals surface area contributed by atoms with E-state index in [1.54, 1.807) is 12.0 Å². The van der Waals surface area contributed by atoms with E-state index in [2.05, 4.69) is 15.9 Å². The van der Waals surface area contributed by atoms with Gasteiger partial charge in [0.05, 0.1) is 13.7 Å². The molecule has 4 heterocycles. The van der Waals surface area contributed by atoms with Crippen LogP contribution in [0.15, 0.2) is 23.8 Å². The summed E-state index contributed by atoms with van der Waals surface area (Å²) >= 11 is 0. The minimum atomic E-state index is 0.196. The van der Waals surface area contributed by atoms with Gasteiger partial charge in [-0.25, -0.2) is 0 Å². The number of carbonyl (C=O) groups excluding carboxylic acids is 1. The van der Waals surface area contributed by atoms with Crippen molar-refractivity contribution in [2.45, 2.75) is 18.9 Å². The topological polar surface area (TPSA) is 45.2 Å². The van der Waals surface area contributed by atoms with Crippen molar-refractivity contribution < 1.29 is 14.3 Å². The lowest BCUT2D eigenvalue weighted by molar-refractivity contribution is -0.130. The summed E-state index contributed by atoms with van der Waals surface area (Å²) in [5, 5.41) is 0. The maximum absolute atomic E-state index is 12.2.